The van der Waals surface area contributed by atoms with Crippen LogP contribution < -0.4 is 14.4 Å². The smallest absolute Gasteiger partial charge is 0.420 e. The predicted octanol–water partition coefficient (Wildman–Crippen LogP) is 6.97. The molecule has 0 amide bonds. The van der Waals surface area contributed by atoms with Crippen LogP contribution in [0.15, 0.2) is 73.3 Å². The lowest BCUT2D eigenvalue weighted by atomic mass is 9.83. The first-order valence-corrected chi connectivity index (χ1v) is 13.8. The van der Waals surface area contributed by atoms with Crippen LogP contribution in [0.2, 0.25) is 5.02 Å². The van der Waals surface area contributed by atoms with Gasteiger partial charge >= 0.3 is 6.18 Å². The number of nitrogens with zero attached hydrogens (tertiary/aromatic N) is 5. The molecular weight excluding hydrogens is 583 g/mol. The molecule has 0 fully saturated rings. The van der Waals surface area contributed by atoms with Gasteiger partial charge in [0.15, 0.2) is 17.2 Å². The molecule has 0 radical (unpaired) electrons. The van der Waals surface area contributed by atoms with Gasteiger partial charge in [0.2, 0.25) is 5.88 Å². The summed E-state index contributed by atoms with van der Waals surface area (Å²) in [5.74, 6) is 0.0783. The molecule has 0 saturated carbocycles. The molecule has 0 aliphatic heterocycles. The molecule has 3 heterocycles. The van der Waals surface area contributed by atoms with Crippen LogP contribution in [0.5, 0.6) is 17.4 Å². The summed E-state index contributed by atoms with van der Waals surface area (Å²) < 4.78 is 58.1. The van der Waals surface area contributed by atoms with Crippen LogP contribution in [0.1, 0.15) is 36.2 Å². The second-order valence-corrected chi connectivity index (χ2v) is 10.2. The van der Waals surface area contributed by atoms with Gasteiger partial charge in [-0.25, -0.2) is 15.0 Å². The van der Waals surface area contributed by atoms with Crippen molar-refractivity contribution in [2.75, 3.05) is 25.1 Å². The van der Waals surface area contributed by atoms with Crippen LogP contribution in [0.3, 0.4) is 0 Å². The van der Waals surface area contributed by atoms with Gasteiger partial charge in [-0.1, -0.05) is 17.7 Å². The number of aliphatic hydroxyl groups is 1. The van der Waals surface area contributed by atoms with Crippen molar-refractivity contribution < 1.29 is 27.8 Å². The van der Waals surface area contributed by atoms with Crippen molar-refractivity contribution in [2.45, 2.75) is 25.6 Å². The zero-order chi connectivity index (χ0) is 30.9. The van der Waals surface area contributed by atoms with Crippen LogP contribution in [0, 0.1) is 0 Å². The van der Waals surface area contributed by atoms with E-state index < -0.39 is 23.1 Å². The lowest BCUT2D eigenvalue weighted by Crippen LogP contribution is -2.31. The Kier molecular flexibility index (Phi) is 8.22. The SMILES string of the molecule is CCN(CC)c1nc2ccc(C(O)(c3ccc(OC)nc3)c3cncn3C)cc2c(C(F)(F)F)c1Oc1ccc(Cl)cc1. The summed E-state index contributed by atoms with van der Waals surface area (Å²) in [5, 5.41) is 12.5. The quantitative estimate of drug-likeness (QED) is 0.193. The highest BCUT2D eigenvalue weighted by molar-refractivity contribution is 6.30. The van der Waals surface area contributed by atoms with E-state index in [4.69, 9.17) is 21.1 Å². The van der Waals surface area contributed by atoms with E-state index in [1.807, 2.05) is 13.8 Å². The fourth-order valence-corrected chi connectivity index (χ4v) is 5.20. The van der Waals surface area contributed by atoms with Crippen molar-refractivity contribution in [3.63, 3.8) is 0 Å². The lowest BCUT2D eigenvalue weighted by molar-refractivity contribution is -0.137. The van der Waals surface area contributed by atoms with Crippen molar-refractivity contribution in [2.24, 2.45) is 7.05 Å². The molecule has 5 rings (SSSR count). The molecule has 43 heavy (non-hydrogen) atoms. The number of ether oxygens (including phenoxy) is 2. The summed E-state index contributed by atoms with van der Waals surface area (Å²) in [5.41, 5.74) is -2.10. The van der Waals surface area contributed by atoms with Crippen molar-refractivity contribution in [1.82, 2.24) is 19.5 Å². The van der Waals surface area contributed by atoms with E-state index in [9.17, 15) is 5.11 Å². The van der Waals surface area contributed by atoms with Gasteiger partial charge < -0.3 is 24.0 Å². The van der Waals surface area contributed by atoms with Crippen molar-refractivity contribution in [3.8, 4) is 17.4 Å². The molecule has 1 atom stereocenters. The minimum Gasteiger partial charge on any atom is -0.481 e. The number of pyridine rings is 2. The summed E-state index contributed by atoms with van der Waals surface area (Å²) >= 11 is 6.01. The van der Waals surface area contributed by atoms with Gasteiger partial charge in [-0.2, -0.15) is 13.2 Å². The topological polar surface area (TPSA) is 85.5 Å². The van der Waals surface area contributed by atoms with Gasteiger partial charge in [0.1, 0.15) is 11.3 Å². The Morgan fingerprint density at radius 1 is 0.977 bits per heavy atom. The molecular formula is C31H29ClF3N5O3. The minimum absolute atomic E-state index is 0.0498. The van der Waals surface area contributed by atoms with Crippen molar-refractivity contribution in [1.29, 1.82) is 0 Å². The Bertz CT molecular complexity index is 1740. The molecule has 8 nitrogen and oxygen atoms in total. The predicted molar refractivity (Wildman–Crippen MR) is 158 cm³/mol. The molecule has 5 aromatic rings. The van der Waals surface area contributed by atoms with Crippen LogP contribution in [0.25, 0.3) is 10.9 Å². The average molecular weight is 612 g/mol. The van der Waals surface area contributed by atoms with Gasteiger partial charge in [0.25, 0.3) is 0 Å². The minimum atomic E-state index is -4.85. The number of hydrogen-bond donors (Lipinski definition) is 1. The van der Waals surface area contributed by atoms with E-state index in [1.165, 1.54) is 62.2 Å². The molecule has 3 aromatic heterocycles. The zero-order valence-electron chi connectivity index (χ0n) is 23.9. The summed E-state index contributed by atoms with van der Waals surface area (Å²) in [6.07, 6.45) is -0.487. The number of imidazole rings is 1. The number of benzene rings is 2. The van der Waals surface area contributed by atoms with Crippen LogP contribution in [-0.4, -0.2) is 44.8 Å². The third-order valence-corrected chi connectivity index (χ3v) is 7.52. The van der Waals surface area contributed by atoms with Gasteiger partial charge in [-0.15, -0.1) is 0 Å². The third-order valence-electron chi connectivity index (χ3n) is 7.27. The normalized spacial score (nSPS) is 13.1. The molecule has 0 spiro atoms. The highest BCUT2D eigenvalue weighted by Crippen LogP contribution is 2.48. The first-order chi connectivity index (χ1) is 20.5. The second-order valence-electron chi connectivity index (χ2n) is 9.79. The maximum Gasteiger partial charge on any atom is 0.420 e. The molecule has 1 N–H and O–H groups in total. The number of methoxy groups -OCH3 is 1. The number of hydrogen-bond acceptors (Lipinski definition) is 7. The lowest BCUT2D eigenvalue weighted by Gasteiger charge is -2.30. The van der Waals surface area contributed by atoms with E-state index >= 15 is 13.2 Å². The summed E-state index contributed by atoms with van der Waals surface area (Å²) in [7, 11) is 3.14. The summed E-state index contributed by atoms with van der Waals surface area (Å²) in [6, 6.07) is 13.5. The fourth-order valence-electron chi connectivity index (χ4n) is 5.08. The number of anilines is 1. The largest absolute Gasteiger partial charge is 0.481 e. The van der Waals surface area contributed by atoms with E-state index in [2.05, 4.69) is 15.0 Å². The Hall–Kier alpha value is -4.35. The van der Waals surface area contributed by atoms with Crippen LogP contribution >= 0.6 is 11.6 Å². The van der Waals surface area contributed by atoms with Crippen LogP contribution in [0.4, 0.5) is 19.0 Å². The molecule has 1 unspecified atom stereocenters. The van der Waals surface area contributed by atoms with E-state index in [1.54, 1.807) is 34.7 Å². The van der Waals surface area contributed by atoms with Gasteiger partial charge in [0.05, 0.1) is 30.8 Å². The maximum absolute atomic E-state index is 15.1. The average Bonchev–Trinajstić information content (AvgIpc) is 3.44. The van der Waals surface area contributed by atoms with E-state index in [-0.39, 0.29) is 28.0 Å². The van der Waals surface area contributed by atoms with Crippen molar-refractivity contribution in [3.05, 3.63) is 101 Å². The number of rotatable bonds is 9. The second kappa shape index (κ2) is 11.7. The van der Waals surface area contributed by atoms with Crippen LogP contribution in [-0.2, 0) is 18.8 Å². The molecule has 0 aliphatic carbocycles. The highest BCUT2D eigenvalue weighted by atomic mass is 35.5. The number of alkyl halides is 3. The molecule has 0 aliphatic rings. The number of aromatic nitrogens is 4. The number of aryl methyl sites for hydroxylation is 1. The molecule has 2 aromatic carbocycles. The van der Waals surface area contributed by atoms with Gasteiger partial charge in [0, 0.05) is 48.4 Å². The summed E-state index contributed by atoms with van der Waals surface area (Å²) in [6.45, 7) is 4.45. The highest BCUT2D eigenvalue weighted by Gasteiger charge is 2.42. The Morgan fingerprint density at radius 3 is 2.23 bits per heavy atom. The Balaban J connectivity index is 1.83. The first kappa shape index (κ1) is 30.1. The third kappa shape index (κ3) is 5.57. The van der Waals surface area contributed by atoms with Crippen molar-refractivity contribution >= 4 is 28.3 Å². The fraction of sp³-hybridized carbons (Fsp3) is 0.258. The standard InChI is InChI=1S/C31H29ClF3N5O3/c1-5-40(6-2)29-28(43-22-11-9-21(32)10-12-22)27(31(33,34)35)23-15-19(7-13-24(23)38-29)30(41,25-17-36-18-39(25)3)20-8-14-26(42-4)37-16-20/h7-18,41H,5-6H2,1-4H3. The van der Waals surface area contributed by atoms with E-state index in [0.717, 1.165) is 0 Å². The zero-order valence-corrected chi connectivity index (χ0v) is 24.6. The Morgan fingerprint density at radius 2 is 1.67 bits per heavy atom. The van der Waals surface area contributed by atoms with Gasteiger partial charge in [-0.05, 0) is 61.9 Å². The summed E-state index contributed by atoms with van der Waals surface area (Å²) in [4.78, 5) is 14.7. The van der Waals surface area contributed by atoms with Gasteiger partial charge in [-0.3, -0.25) is 0 Å². The molecule has 0 bridgehead atoms. The number of fused-ring (bicyclic) bond motifs is 1. The molecule has 12 heteroatoms. The maximum atomic E-state index is 15.1. The first-order valence-electron chi connectivity index (χ1n) is 13.4. The Labute approximate surface area is 251 Å². The van der Waals surface area contributed by atoms with E-state index in [0.29, 0.717) is 35.2 Å². The molecule has 0 saturated heterocycles. The monoisotopic (exact) mass is 611 g/mol. The molecule has 224 valence electrons. The number of halogens is 4.